The molecular formula is C21H18F3N5O3. The molecule has 3 aromatic rings. The zero-order valence-corrected chi connectivity index (χ0v) is 16.7. The smallest absolute Gasteiger partial charge is 0.364 e. The Kier molecular flexibility index (Phi) is 6.28. The van der Waals surface area contributed by atoms with E-state index in [4.69, 9.17) is 5.73 Å². The van der Waals surface area contributed by atoms with E-state index in [9.17, 15) is 27.6 Å². The van der Waals surface area contributed by atoms with Gasteiger partial charge in [0.05, 0.1) is 5.56 Å². The number of ketones is 1. The van der Waals surface area contributed by atoms with Crippen LogP contribution in [-0.4, -0.2) is 27.7 Å². The molecule has 3 amide bonds. The Morgan fingerprint density at radius 2 is 1.62 bits per heavy atom. The number of hydrogen-bond acceptors (Lipinski definition) is 4. The summed E-state index contributed by atoms with van der Waals surface area (Å²) < 4.78 is 37.9. The lowest BCUT2D eigenvalue weighted by atomic mass is 10.1. The molecule has 2 aromatic carbocycles. The topological polar surface area (TPSA) is 130 Å². The monoisotopic (exact) mass is 445 g/mol. The predicted molar refractivity (Wildman–Crippen MR) is 110 cm³/mol. The van der Waals surface area contributed by atoms with Crippen molar-refractivity contribution in [3.05, 3.63) is 76.7 Å². The van der Waals surface area contributed by atoms with Crippen LogP contribution in [0.2, 0.25) is 0 Å². The van der Waals surface area contributed by atoms with Crippen LogP contribution in [0.25, 0.3) is 0 Å². The number of carbonyl (C=O) groups is 3. The van der Waals surface area contributed by atoms with Gasteiger partial charge in [0.1, 0.15) is 11.6 Å². The number of primary amides is 1. The standard InChI is InChI=1S/C21H18F3N5O3/c1-11(30)13-4-2-12(3-5-13)10-16-27-17(18(25)31)19(28-16)29-20(32)26-15-8-6-14(7-9-15)21(22,23)24/h2-9H,10H2,1H3,(H2,25,31)(H,27,28)(H2,26,29,32). The lowest BCUT2D eigenvalue weighted by Crippen LogP contribution is -2.22. The Bertz CT molecular complexity index is 1150. The van der Waals surface area contributed by atoms with E-state index in [0.717, 1.165) is 29.8 Å². The van der Waals surface area contributed by atoms with Crippen LogP contribution in [0.1, 0.15) is 44.7 Å². The van der Waals surface area contributed by atoms with E-state index in [2.05, 4.69) is 20.6 Å². The summed E-state index contributed by atoms with van der Waals surface area (Å²) in [6.45, 7) is 1.45. The van der Waals surface area contributed by atoms with Gasteiger partial charge >= 0.3 is 12.2 Å². The van der Waals surface area contributed by atoms with Gasteiger partial charge in [0.15, 0.2) is 11.5 Å². The number of aromatic nitrogens is 2. The highest BCUT2D eigenvalue weighted by molar-refractivity contribution is 6.04. The molecule has 8 nitrogen and oxygen atoms in total. The summed E-state index contributed by atoms with van der Waals surface area (Å²) in [7, 11) is 0. The zero-order valence-electron chi connectivity index (χ0n) is 16.7. The molecular weight excluding hydrogens is 427 g/mol. The van der Waals surface area contributed by atoms with Crippen LogP contribution in [0.5, 0.6) is 0 Å². The Labute approximate surface area is 180 Å². The van der Waals surface area contributed by atoms with E-state index in [-0.39, 0.29) is 29.4 Å². The van der Waals surface area contributed by atoms with E-state index in [1.165, 1.54) is 6.92 Å². The number of alkyl halides is 3. The second kappa shape index (κ2) is 8.92. The third-order valence-corrected chi connectivity index (χ3v) is 4.43. The number of carbonyl (C=O) groups excluding carboxylic acids is 3. The summed E-state index contributed by atoms with van der Waals surface area (Å²) in [6.07, 6.45) is -4.23. The molecule has 0 bridgehead atoms. The highest BCUT2D eigenvalue weighted by Gasteiger charge is 2.30. The van der Waals surface area contributed by atoms with Crippen LogP contribution in [0, 0.1) is 0 Å². The van der Waals surface area contributed by atoms with Gasteiger partial charge in [-0.3, -0.25) is 14.9 Å². The third-order valence-electron chi connectivity index (χ3n) is 4.43. The van der Waals surface area contributed by atoms with Gasteiger partial charge in [-0.15, -0.1) is 0 Å². The van der Waals surface area contributed by atoms with Crippen molar-refractivity contribution >= 4 is 29.2 Å². The van der Waals surface area contributed by atoms with Crippen LogP contribution in [-0.2, 0) is 12.6 Å². The summed E-state index contributed by atoms with van der Waals surface area (Å²) >= 11 is 0. The average Bonchev–Trinajstić information content (AvgIpc) is 3.10. The second-order valence-electron chi connectivity index (χ2n) is 6.86. The van der Waals surface area contributed by atoms with Gasteiger partial charge in [0.2, 0.25) is 0 Å². The third kappa shape index (κ3) is 5.50. The first-order valence-corrected chi connectivity index (χ1v) is 9.27. The number of urea groups is 1. The highest BCUT2D eigenvalue weighted by atomic mass is 19.4. The van der Waals surface area contributed by atoms with Crippen molar-refractivity contribution in [1.29, 1.82) is 0 Å². The molecule has 0 aliphatic rings. The van der Waals surface area contributed by atoms with E-state index in [0.29, 0.717) is 11.4 Å². The molecule has 0 aliphatic heterocycles. The Morgan fingerprint density at radius 3 is 2.16 bits per heavy atom. The molecule has 32 heavy (non-hydrogen) atoms. The molecule has 0 unspecified atom stereocenters. The Balaban J connectivity index is 1.71. The first-order valence-electron chi connectivity index (χ1n) is 9.27. The van der Waals surface area contributed by atoms with Crippen molar-refractivity contribution in [3.8, 4) is 0 Å². The Morgan fingerprint density at radius 1 is 1.00 bits per heavy atom. The summed E-state index contributed by atoms with van der Waals surface area (Å²) in [5.41, 5.74) is 5.72. The maximum atomic E-state index is 12.6. The van der Waals surface area contributed by atoms with E-state index in [1.807, 2.05) is 0 Å². The number of halogens is 3. The normalized spacial score (nSPS) is 11.1. The van der Waals surface area contributed by atoms with Crippen molar-refractivity contribution in [2.75, 3.05) is 10.6 Å². The number of nitrogens with two attached hydrogens (primary N) is 1. The van der Waals surface area contributed by atoms with Gasteiger partial charge in [0, 0.05) is 17.7 Å². The second-order valence-corrected chi connectivity index (χ2v) is 6.86. The van der Waals surface area contributed by atoms with Crippen molar-refractivity contribution in [1.82, 2.24) is 9.97 Å². The fourth-order valence-electron chi connectivity index (χ4n) is 2.84. The molecule has 0 radical (unpaired) electrons. The predicted octanol–water partition coefficient (Wildman–Crippen LogP) is 3.96. The number of H-pyrrole nitrogens is 1. The molecule has 11 heteroatoms. The molecule has 0 saturated heterocycles. The maximum absolute atomic E-state index is 12.6. The number of benzene rings is 2. The molecule has 1 aromatic heterocycles. The molecule has 166 valence electrons. The first kappa shape index (κ1) is 22.5. The van der Waals surface area contributed by atoms with Crippen LogP contribution in [0.4, 0.5) is 29.5 Å². The molecule has 5 N–H and O–H groups in total. The van der Waals surface area contributed by atoms with Gasteiger partial charge in [0.25, 0.3) is 5.91 Å². The number of aromatic amines is 1. The van der Waals surface area contributed by atoms with Crippen LogP contribution < -0.4 is 16.4 Å². The van der Waals surface area contributed by atoms with E-state index in [1.54, 1.807) is 24.3 Å². The molecule has 0 fully saturated rings. The van der Waals surface area contributed by atoms with Gasteiger partial charge in [-0.2, -0.15) is 13.2 Å². The molecule has 3 rings (SSSR count). The van der Waals surface area contributed by atoms with Crippen molar-refractivity contribution < 1.29 is 27.6 Å². The SMILES string of the molecule is CC(=O)c1ccc(Cc2nc(C(N)=O)c(NC(=O)Nc3ccc(C(F)(F)F)cc3)[nH]2)cc1. The molecule has 0 saturated carbocycles. The van der Waals surface area contributed by atoms with Crippen molar-refractivity contribution in [2.45, 2.75) is 19.5 Å². The summed E-state index contributed by atoms with van der Waals surface area (Å²) in [5.74, 6) is -0.683. The minimum absolute atomic E-state index is 0.0581. The zero-order chi connectivity index (χ0) is 23.5. The minimum atomic E-state index is -4.49. The van der Waals surface area contributed by atoms with Crippen molar-refractivity contribution in [2.24, 2.45) is 5.73 Å². The van der Waals surface area contributed by atoms with E-state index >= 15 is 0 Å². The number of nitrogens with zero attached hydrogens (tertiary/aromatic N) is 1. The maximum Gasteiger partial charge on any atom is 0.416 e. The number of anilines is 2. The molecule has 0 spiro atoms. The number of Topliss-reactive ketones (excluding diaryl/α,β-unsaturated/α-hetero) is 1. The van der Waals surface area contributed by atoms with Crippen LogP contribution in [0.15, 0.2) is 48.5 Å². The van der Waals surface area contributed by atoms with Gasteiger partial charge in [-0.05, 0) is 36.8 Å². The molecule has 0 aliphatic carbocycles. The highest BCUT2D eigenvalue weighted by Crippen LogP contribution is 2.29. The van der Waals surface area contributed by atoms with Gasteiger partial charge in [-0.25, -0.2) is 9.78 Å². The van der Waals surface area contributed by atoms with Crippen molar-refractivity contribution in [3.63, 3.8) is 0 Å². The van der Waals surface area contributed by atoms with Crippen LogP contribution >= 0.6 is 0 Å². The van der Waals surface area contributed by atoms with Gasteiger partial charge < -0.3 is 16.0 Å². The number of imidazole rings is 1. The van der Waals surface area contributed by atoms with E-state index < -0.39 is 23.7 Å². The first-order chi connectivity index (χ1) is 15.0. The minimum Gasteiger partial charge on any atom is -0.364 e. The Hall–Kier alpha value is -4.15. The lowest BCUT2D eigenvalue weighted by Gasteiger charge is -2.09. The molecule has 0 atom stereocenters. The lowest BCUT2D eigenvalue weighted by molar-refractivity contribution is -0.137. The number of rotatable bonds is 6. The molecule has 1 heterocycles. The quantitative estimate of drug-likeness (QED) is 0.428. The fraction of sp³-hybridized carbons (Fsp3) is 0.143. The number of nitrogens with one attached hydrogen (secondary N) is 3. The largest absolute Gasteiger partial charge is 0.416 e. The average molecular weight is 445 g/mol. The van der Waals surface area contributed by atoms with Crippen LogP contribution in [0.3, 0.4) is 0 Å². The summed E-state index contributed by atoms with van der Waals surface area (Å²) in [6, 6.07) is 9.82. The number of amides is 3. The summed E-state index contributed by atoms with van der Waals surface area (Å²) in [4.78, 5) is 42.2. The number of hydrogen-bond donors (Lipinski definition) is 4. The van der Waals surface area contributed by atoms with Gasteiger partial charge in [-0.1, -0.05) is 24.3 Å². The fourth-order valence-corrected chi connectivity index (χ4v) is 2.84. The summed E-state index contributed by atoms with van der Waals surface area (Å²) in [5, 5.41) is 4.74.